The third-order valence-electron chi connectivity index (χ3n) is 2.95. The third-order valence-corrected chi connectivity index (χ3v) is 2.95. The molecular formula is C12H9F3N2. The van der Waals surface area contributed by atoms with Crippen LogP contribution in [0.4, 0.5) is 13.2 Å². The Hall–Kier alpha value is -1.78. The monoisotopic (exact) mass is 238 g/mol. The van der Waals surface area contributed by atoms with E-state index in [0.717, 1.165) is 23.7 Å². The first-order valence-corrected chi connectivity index (χ1v) is 5.28. The Bertz CT molecular complexity index is 569. The van der Waals surface area contributed by atoms with Crippen molar-refractivity contribution < 1.29 is 13.2 Å². The summed E-state index contributed by atoms with van der Waals surface area (Å²) < 4.78 is 39.3. The lowest BCUT2D eigenvalue weighted by Gasteiger charge is -2.17. The number of rotatable bonds is 0. The molecule has 2 aromatic rings. The fourth-order valence-corrected chi connectivity index (χ4v) is 2.14. The molecule has 1 aromatic heterocycles. The molecule has 0 bridgehead atoms. The maximum atomic E-state index is 12.6. The highest BCUT2D eigenvalue weighted by atomic mass is 19.4. The van der Waals surface area contributed by atoms with Crippen molar-refractivity contribution >= 4 is 0 Å². The average molecular weight is 238 g/mol. The number of aromatic nitrogens is 2. The van der Waals surface area contributed by atoms with Crippen molar-refractivity contribution in [1.82, 2.24) is 9.55 Å². The van der Waals surface area contributed by atoms with Crippen LogP contribution in [-0.2, 0) is 19.1 Å². The van der Waals surface area contributed by atoms with Gasteiger partial charge in [-0.25, -0.2) is 4.98 Å². The van der Waals surface area contributed by atoms with E-state index in [4.69, 9.17) is 0 Å². The Morgan fingerprint density at radius 1 is 1.18 bits per heavy atom. The summed E-state index contributed by atoms with van der Waals surface area (Å²) in [4.78, 5) is 3.70. The summed E-state index contributed by atoms with van der Waals surface area (Å²) in [6.07, 6.45) is -2.54. The Morgan fingerprint density at radius 2 is 1.94 bits per heavy atom. The summed E-state index contributed by atoms with van der Waals surface area (Å²) in [7, 11) is 0. The van der Waals surface area contributed by atoms with Gasteiger partial charge in [-0.3, -0.25) is 0 Å². The van der Waals surface area contributed by atoms with Gasteiger partial charge in [0.05, 0.1) is 0 Å². The van der Waals surface area contributed by atoms with Crippen molar-refractivity contribution in [1.29, 1.82) is 0 Å². The van der Waals surface area contributed by atoms with Crippen LogP contribution in [0.1, 0.15) is 11.3 Å². The van der Waals surface area contributed by atoms with Gasteiger partial charge in [-0.15, -0.1) is 0 Å². The van der Waals surface area contributed by atoms with E-state index in [9.17, 15) is 13.2 Å². The number of benzene rings is 1. The lowest BCUT2D eigenvalue weighted by Crippen LogP contribution is -2.09. The van der Waals surface area contributed by atoms with Crippen LogP contribution in [0.25, 0.3) is 11.4 Å². The molecule has 88 valence electrons. The molecule has 2 nitrogen and oxygen atoms in total. The van der Waals surface area contributed by atoms with Crippen LogP contribution in [0.5, 0.6) is 0 Å². The Morgan fingerprint density at radius 3 is 2.71 bits per heavy atom. The van der Waals surface area contributed by atoms with Crippen molar-refractivity contribution in [2.75, 3.05) is 0 Å². The van der Waals surface area contributed by atoms with Crippen LogP contribution in [-0.4, -0.2) is 9.55 Å². The first-order valence-electron chi connectivity index (χ1n) is 5.28. The SMILES string of the molecule is FC(F)(F)c1cn2c(n1)-c1ccccc1CC2. The van der Waals surface area contributed by atoms with Gasteiger partial charge < -0.3 is 4.57 Å². The third kappa shape index (κ3) is 1.62. The van der Waals surface area contributed by atoms with Crippen LogP contribution in [0.15, 0.2) is 30.5 Å². The number of fused-ring (bicyclic) bond motifs is 3. The Labute approximate surface area is 95.7 Å². The smallest absolute Gasteiger partial charge is 0.330 e. The quantitative estimate of drug-likeness (QED) is 0.689. The molecule has 0 fully saturated rings. The molecule has 1 aromatic carbocycles. The molecule has 17 heavy (non-hydrogen) atoms. The highest BCUT2D eigenvalue weighted by Crippen LogP contribution is 2.34. The summed E-state index contributed by atoms with van der Waals surface area (Å²) in [5.74, 6) is 0.416. The minimum absolute atomic E-state index is 0.416. The van der Waals surface area contributed by atoms with E-state index in [1.807, 2.05) is 24.3 Å². The summed E-state index contributed by atoms with van der Waals surface area (Å²) in [6, 6.07) is 7.45. The van der Waals surface area contributed by atoms with E-state index in [-0.39, 0.29) is 0 Å². The molecule has 2 heterocycles. The summed E-state index contributed by atoms with van der Waals surface area (Å²) >= 11 is 0. The second-order valence-corrected chi connectivity index (χ2v) is 4.05. The van der Waals surface area contributed by atoms with E-state index in [1.165, 1.54) is 0 Å². The molecular weight excluding hydrogens is 229 g/mol. The molecule has 1 aliphatic rings. The molecule has 0 amide bonds. The minimum atomic E-state index is -4.38. The maximum Gasteiger partial charge on any atom is 0.434 e. The van der Waals surface area contributed by atoms with Crippen LogP contribution < -0.4 is 0 Å². The van der Waals surface area contributed by atoms with Crippen LogP contribution >= 0.6 is 0 Å². The predicted molar refractivity (Wildman–Crippen MR) is 56.4 cm³/mol. The predicted octanol–water partition coefficient (Wildman–Crippen LogP) is 3.13. The number of imidazole rings is 1. The summed E-state index contributed by atoms with van der Waals surface area (Å²) in [5.41, 5.74) is 1.04. The second-order valence-electron chi connectivity index (χ2n) is 4.05. The van der Waals surface area contributed by atoms with Gasteiger partial charge in [0.15, 0.2) is 5.69 Å². The largest absolute Gasteiger partial charge is 0.434 e. The van der Waals surface area contributed by atoms with Gasteiger partial charge in [-0.2, -0.15) is 13.2 Å². The fraction of sp³-hybridized carbons (Fsp3) is 0.250. The normalized spacial score (nSPS) is 14.3. The Kier molecular flexibility index (Phi) is 2.05. The van der Waals surface area contributed by atoms with E-state index in [1.54, 1.807) is 4.57 Å². The molecule has 0 unspecified atom stereocenters. The first kappa shape index (κ1) is 10.4. The van der Waals surface area contributed by atoms with E-state index in [2.05, 4.69) is 4.98 Å². The molecule has 0 N–H and O–H groups in total. The highest BCUT2D eigenvalue weighted by molar-refractivity contribution is 5.62. The minimum Gasteiger partial charge on any atom is -0.330 e. The number of hydrogen-bond acceptors (Lipinski definition) is 1. The molecule has 0 saturated heterocycles. The zero-order valence-corrected chi connectivity index (χ0v) is 8.83. The number of nitrogens with zero attached hydrogens (tertiary/aromatic N) is 2. The zero-order valence-electron chi connectivity index (χ0n) is 8.83. The molecule has 0 spiro atoms. The first-order chi connectivity index (χ1) is 8.05. The van der Waals surface area contributed by atoms with Gasteiger partial charge in [0.25, 0.3) is 0 Å². The molecule has 3 rings (SSSR count). The second kappa shape index (κ2) is 3.35. The lowest BCUT2D eigenvalue weighted by molar-refractivity contribution is -0.140. The van der Waals surface area contributed by atoms with Crippen molar-refractivity contribution in [2.45, 2.75) is 19.1 Å². The van der Waals surface area contributed by atoms with Gasteiger partial charge in [0.1, 0.15) is 5.82 Å². The van der Waals surface area contributed by atoms with Crippen molar-refractivity contribution in [3.8, 4) is 11.4 Å². The number of hydrogen-bond donors (Lipinski definition) is 0. The van der Waals surface area contributed by atoms with E-state index >= 15 is 0 Å². The van der Waals surface area contributed by atoms with Crippen molar-refractivity contribution in [3.05, 3.63) is 41.7 Å². The summed E-state index contributed by atoms with van der Waals surface area (Å²) in [5, 5.41) is 0. The average Bonchev–Trinajstić information content (AvgIpc) is 2.72. The maximum absolute atomic E-state index is 12.6. The zero-order chi connectivity index (χ0) is 12.0. The van der Waals surface area contributed by atoms with E-state index in [0.29, 0.717) is 12.4 Å². The molecule has 5 heteroatoms. The van der Waals surface area contributed by atoms with Crippen molar-refractivity contribution in [3.63, 3.8) is 0 Å². The van der Waals surface area contributed by atoms with Crippen LogP contribution in [0.3, 0.4) is 0 Å². The van der Waals surface area contributed by atoms with E-state index < -0.39 is 11.9 Å². The fourth-order valence-electron chi connectivity index (χ4n) is 2.14. The molecule has 1 aliphatic heterocycles. The number of halogens is 3. The number of aryl methyl sites for hydroxylation is 2. The number of alkyl halides is 3. The lowest BCUT2D eigenvalue weighted by atomic mass is 10.0. The molecule has 0 aliphatic carbocycles. The molecule has 0 atom stereocenters. The van der Waals surface area contributed by atoms with Gasteiger partial charge >= 0.3 is 6.18 Å². The standard InChI is InChI=1S/C12H9F3N2/c13-12(14,15)10-7-17-6-5-8-3-1-2-4-9(8)11(17)16-10/h1-4,7H,5-6H2. The highest BCUT2D eigenvalue weighted by Gasteiger charge is 2.35. The van der Waals surface area contributed by atoms with Crippen LogP contribution in [0, 0.1) is 0 Å². The van der Waals surface area contributed by atoms with Crippen molar-refractivity contribution in [2.24, 2.45) is 0 Å². The summed E-state index contributed by atoms with van der Waals surface area (Å²) in [6.45, 7) is 0.551. The molecule has 0 saturated carbocycles. The Balaban J connectivity index is 2.17. The molecule has 0 radical (unpaired) electrons. The topological polar surface area (TPSA) is 17.8 Å². The van der Waals surface area contributed by atoms with Gasteiger partial charge in [-0.05, 0) is 12.0 Å². The van der Waals surface area contributed by atoms with Gasteiger partial charge in [0, 0.05) is 18.3 Å². The van der Waals surface area contributed by atoms with Crippen LogP contribution in [0.2, 0.25) is 0 Å². The van der Waals surface area contributed by atoms with Gasteiger partial charge in [-0.1, -0.05) is 24.3 Å². The van der Waals surface area contributed by atoms with Gasteiger partial charge in [0.2, 0.25) is 0 Å².